The van der Waals surface area contributed by atoms with Crippen LogP contribution in [0.4, 0.5) is 0 Å². The van der Waals surface area contributed by atoms with Crippen LogP contribution in [0.5, 0.6) is 23.0 Å². The minimum Gasteiger partial charge on any atom is -0.618 e. The molecule has 8 heteroatoms. The number of aromatic nitrogens is 2. The maximum Gasteiger partial charge on any atom is 0.290 e. The summed E-state index contributed by atoms with van der Waals surface area (Å²) < 4.78 is 1.21. The van der Waals surface area contributed by atoms with Gasteiger partial charge in [0.2, 0.25) is 0 Å². The first-order valence-electron chi connectivity index (χ1n) is 19.7. The summed E-state index contributed by atoms with van der Waals surface area (Å²) in [6, 6.07) is 24.7. The van der Waals surface area contributed by atoms with Crippen molar-refractivity contribution in [2.24, 2.45) is 0 Å². The number of hydrogen-bond acceptors (Lipinski definition) is 6. The first kappa shape index (κ1) is 41.6. The minimum atomic E-state index is -0.357. The second-order valence-electron chi connectivity index (χ2n) is 19.6. The van der Waals surface area contributed by atoms with E-state index >= 15 is 0 Å². The average molecular weight is 781 g/mol. The summed E-state index contributed by atoms with van der Waals surface area (Å²) in [5.74, 6) is -0.115. The van der Waals surface area contributed by atoms with Gasteiger partial charge in [0.25, 0.3) is 11.4 Å². The molecule has 2 aromatic heterocycles. The molecule has 0 unspecified atom stereocenters. The molecule has 6 rings (SSSR count). The summed E-state index contributed by atoms with van der Waals surface area (Å²) >= 11 is 0. The first-order valence-corrected chi connectivity index (χ1v) is 19.7. The Morgan fingerprint density at radius 1 is 0.362 bits per heavy atom. The molecule has 8 nitrogen and oxygen atoms in total. The van der Waals surface area contributed by atoms with Gasteiger partial charge < -0.3 is 30.8 Å². The van der Waals surface area contributed by atoms with Gasteiger partial charge in [-0.05, 0) is 104 Å². The van der Waals surface area contributed by atoms with E-state index in [4.69, 9.17) is 0 Å². The van der Waals surface area contributed by atoms with Crippen LogP contribution in [0.25, 0.3) is 55.9 Å². The van der Waals surface area contributed by atoms with Crippen molar-refractivity contribution in [1.82, 2.24) is 0 Å². The number of phenols is 4. The van der Waals surface area contributed by atoms with Crippen LogP contribution in [0, 0.1) is 10.4 Å². The Hall–Kier alpha value is -6.02. The number of pyridine rings is 2. The highest BCUT2D eigenvalue weighted by Gasteiger charge is 2.28. The lowest BCUT2D eigenvalue weighted by molar-refractivity contribution is -0.625. The Kier molecular flexibility index (Phi) is 10.3. The van der Waals surface area contributed by atoms with Crippen LogP contribution in [0.15, 0.2) is 97.3 Å². The Morgan fingerprint density at radius 3 is 0.966 bits per heavy atom. The van der Waals surface area contributed by atoms with Gasteiger partial charge in [-0.2, -0.15) is 9.46 Å². The number of phenolic OH excluding ortho intramolecular Hbond substituents is 4. The summed E-state index contributed by atoms with van der Waals surface area (Å²) in [6.45, 7) is 24.9. The van der Waals surface area contributed by atoms with Crippen molar-refractivity contribution in [3.8, 4) is 78.9 Å². The lowest BCUT2D eigenvalue weighted by Crippen LogP contribution is -2.36. The quantitative estimate of drug-likeness (QED) is 0.102. The van der Waals surface area contributed by atoms with E-state index in [2.05, 4.69) is 83.1 Å². The zero-order valence-electron chi connectivity index (χ0n) is 35.7. The molecule has 302 valence electrons. The zero-order chi connectivity index (χ0) is 42.9. The smallest absolute Gasteiger partial charge is 0.290 e. The predicted molar refractivity (Wildman–Crippen MR) is 233 cm³/mol. The minimum absolute atomic E-state index is 0.0229. The van der Waals surface area contributed by atoms with E-state index in [1.807, 2.05) is 48.5 Å². The molecule has 0 amide bonds. The molecule has 4 aromatic carbocycles. The number of nitrogens with zero attached hydrogens (tertiary/aromatic N) is 2. The largest absolute Gasteiger partial charge is 0.618 e. The van der Waals surface area contributed by atoms with Gasteiger partial charge in [-0.25, -0.2) is 0 Å². The Bertz CT molecular complexity index is 2380. The van der Waals surface area contributed by atoms with Crippen LogP contribution in [-0.2, 0) is 21.7 Å². The summed E-state index contributed by atoms with van der Waals surface area (Å²) in [6.07, 6.45) is 2.61. The molecular weight excluding hydrogens is 725 g/mol. The lowest BCUT2D eigenvalue weighted by atomic mass is 9.81. The van der Waals surface area contributed by atoms with E-state index in [1.165, 1.54) is 12.4 Å². The van der Waals surface area contributed by atoms with Crippen molar-refractivity contribution in [2.45, 2.75) is 105 Å². The number of benzene rings is 4. The highest BCUT2D eigenvalue weighted by molar-refractivity contribution is 5.88. The number of aromatic hydroxyl groups is 4. The third-order valence-corrected chi connectivity index (χ3v) is 11.0. The standard InChI is InChI=1S/C50H56N2O6/c1-47(2,3)31-13-15-43(53)37(23-31)39-27-33(49(7,8)9)25-35(45(39)55)29-17-19-51(57)41(21-29)42-22-30(18-20-52(42)58)36-26-34(50(10,11)12)28-40(46(36)56)38-24-32(48(4,5)6)14-16-44(38)54/h13-28,53-56H,1-12H3. The van der Waals surface area contributed by atoms with E-state index in [9.17, 15) is 30.8 Å². The van der Waals surface area contributed by atoms with Gasteiger partial charge in [0, 0.05) is 57.6 Å². The third-order valence-electron chi connectivity index (χ3n) is 11.0. The molecule has 0 aliphatic rings. The Balaban J connectivity index is 1.56. The fourth-order valence-electron chi connectivity index (χ4n) is 7.11. The van der Waals surface area contributed by atoms with E-state index in [0.29, 0.717) is 54.0 Å². The van der Waals surface area contributed by atoms with Crippen molar-refractivity contribution in [3.63, 3.8) is 0 Å². The van der Waals surface area contributed by atoms with E-state index in [1.54, 1.807) is 36.4 Å². The molecule has 0 atom stereocenters. The normalized spacial score (nSPS) is 12.6. The predicted octanol–water partition coefficient (Wildman–Crippen LogP) is 11.3. The monoisotopic (exact) mass is 780 g/mol. The van der Waals surface area contributed by atoms with Crippen molar-refractivity contribution in [2.75, 3.05) is 0 Å². The van der Waals surface area contributed by atoms with Crippen LogP contribution in [-0.4, -0.2) is 20.4 Å². The Morgan fingerprint density at radius 2 is 0.655 bits per heavy atom. The van der Waals surface area contributed by atoms with Crippen LogP contribution < -0.4 is 9.46 Å². The Labute approximate surface area is 342 Å². The maximum absolute atomic E-state index is 13.6. The fraction of sp³-hybridized carbons (Fsp3) is 0.320. The van der Waals surface area contributed by atoms with Gasteiger partial charge >= 0.3 is 0 Å². The lowest BCUT2D eigenvalue weighted by Gasteiger charge is -2.24. The topological polar surface area (TPSA) is 135 Å². The second-order valence-corrected chi connectivity index (χ2v) is 19.6. The van der Waals surface area contributed by atoms with Crippen molar-refractivity contribution >= 4 is 0 Å². The average Bonchev–Trinajstić information content (AvgIpc) is 3.11. The van der Waals surface area contributed by atoms with Crippen molar-refractivity contribution in [3.05, 3.63) is 130 Å². The number of hydrogen-bond donors (Lipinski definition) is 4. The van der Waals surface area contributed by atoms with Gasteiger partial charge in [-0.1, -0.05) is 95.2 Å². The van der Waals surface area contributed by atoms with Crippen molar-refractivity contribution in [1.29, 1.82) is 0 Å². The van der Waals surface area contributed by atoms with Crippen molar-refractivity contribution < 1.29 is 29.9 Å². The highest BCUT2D eigenvalue weighted by Crippen LogP contribution is 2.47. The molecule has 0 aliphatic carbocycles. The van der Waals surface area contributed by atoms with E-state index in [0.717, 1.165) is 22.3 Å². The second kappa shape index (κ2) is 14.4. The molecule has 0 saturated heterocycles. The molecule has 6 aromatic rings. The molecule has 2 heterocycles. The maximum atomic E-state index is 13.6. The van der Waals surface area contributed by atoms with Gasteiger partial charge in [0.05, 0.1) is 0 Å². The molecular formula is C50H56N2O6. The third kappa shape index (κ3) is 8.06. The molecule has 0 aliphatic heterocycles. The van der Waals surface area contributed by atoms with Gasteiger partial charge in [0.15, 0.2) is 12.4 Å². The first-order chi connectivity index (χ1) is 26.8. The van der Waals surface area contributed by atoms with Gasteiger partial charge in [-0.15, -0.1) is 0 Å². The van der Waals surface area contributed by atoms with Crippen LogP contribution >= 0.6 is 0 Å². The SMILES string of the molecule is CC(C)(C)c1ccc(O)c(-c2cc(C(C)(C)C)cc(-c3cc[n+]([O-])c(-c4cc(-c5cc(C(C)(C)C)cc(-c6cc(C(C)(C)C)ccc6O)c5O)cc[n+]4[O-])c3)c2O)c1. The van der Waals surface area contributed by atoms with Gasteiger partial charge in [-0.3, -0.25) is 0 Å². The summed E-state index contributed by atoms with van der Waals surface area (Å²) in [5, 5.41) is 73.4. The van der Waals surface area contributed by atoms with Crippen LogP contribution in [0.3, 0.4) is 0 Å². The molecule has 0 bridgehead atoms. The summed E-state index contributed by atoms with van der Waals surface area (Å²) in [7, 11) is 0. The molecule has 0 radical (unpaired) electrons. The zero-order valence-corrected chi connectivity index (χ0v) is 35.7. The molecule has 0 spiro atoms. The molecule has 0 fully saturated rings. The molecule has 0 saturated carbocycles. The highest BCUT2D eigenvalue weighted by atomic mass is 16.5. The fourth-order valence-corrected chi connectivity index (χ4v) is 7.11. The molecule has 4 N–H and O–H groups in total. The number of rotatable bonds is 5. The summed E-state index contributed by atoms with van der Waals surface area (Å²) in [4.78, 5) is 0. The molecule has 58 heavy (non-hydrogen) atoms. The van der Waals surface area contributed by atoms with Crippen LogP contribution in [0.2, 0.25) is 0 Å². The van der Waals surface area contributed by atoms with Gasteiger partial charge in [0.1, 0.15) is 23.0 Å². The van der Waals surface area contributed by atoms with E-state index in [-0.39, 0.29) is 56.0 Å². The van der Waals surface area contributed by atoms with Crippen LogP contribution in [0.1, 0.15) is 105 Å². The van der Waals surface area contributed by atoms with E-state index < -0.39 is 0 Å². The summed E-state index contributed by atoms with van der Waals surface area (Å²) in [5.41, 5.74) is 6.31.